The molecule has 0 bridgehead atoms. The van der Waals surface area contributed by atoms with Crippen molar-refractivity contribution >= 4 is 11.9 Å². The maximum Gasteiger partial charge on any atom is 0.251 e. The smallest absolute Gasteiger partial charge is 0.251 e. The lowest BCUT2D eigenvalue weighted by Crippen LogP contribution is -2.34. The van der Waals surface area contributed by atoms with Gasteiger partial charge in [-0.05, 0) is 30.2 Å². The summed E-state index contributed by atoms with van der Waals surface area (Å²) in [5.41, 5.74) is 3.15. The molecule has 154 valence electrons. The lowest BCUT2D eigenvalue weighted by atomic mass is 9.94. The minimum Gasteiger partial charge on any atom is -0.493 e. The molecule has 1 amide bonds. The molecule has 0 fully saturated rings. The molecule has 4 rings (SSSR count). The number of hydrogen-bond donors (Lipinski definition) is 2. The molecule has 30 heavy (non-hydrogen) atoms. The van der Waals surface area contributed by atoms with Crippen LogP contribution in [0.2, 0.25) is 0 Å². The van der Waals surface area contributed by atoms with E-state index < -0.39 is 6.04 Å². The molecule has 2 heterocycles. The van der Waals surface area contributed by atoms with E-state index in [1.54, 1.807) is 18.9 Å². The molecular weight excluding hydrogens is 382 g/mol. The molecule has 0 saturated carbocycles. The normalized spacial score (nSPS) is 15.2. The minimum atomic E-state index is -0.459. The number of aromatic nitrogens is 3. The van der Waals surface area contributed by atoms with Crippen LogP contribution >= 0.6 is 0 Å². The number of rotatable bonds is 6. The number of carbonyl (C=O) groups excluding carboxylic acids is 1. The van der Waals surface area contributed by atoms with Crippen molar-refractivity contribution in [2.45, 2.75) is 19.5 Å². The van der Waals surface area contributed by atoms with E-state index in [0.717, 1.165) is 16.8 Å². The number of carbonyl (C=O) groups is 1. The van der Waals surface area contributed by atoms with E-state index in [4.69, 9.17) is 9.47 Å². The first kappa shape index (κ1) is 19.5. The van der Waals surface area contributed by atoms with Gasteiger partial charge in [-0.2, -0.15) is 10.1 Å². The van der Waals surface area contributed by atoms with Crippen molar-refractivity contribution in [3.05, 3.63) is 77.3 Å². The monoisotopic (exact) mass is 405 g/mol. The Bertz CT molecular complexity index is 1090. The van der Waals surface area contributed by atoms with Crippen LogP contribution < -0.4 is 20.1 Å². The lowest BCUT2D eigenvalue weighted by Gasteiger charge is -2.29. The number of nitrogens with one attached hydrogen (secondary N) is 2. The van der Waals surface area contributed by atoms with Gasteiger partial charge in [0.2, 0.25) is 5.95 Å². The molecule has 1 aromatic heterocycles. The fraction of sp³-hybridized carbons (Fsp3) is 0.227. The Hall–Kier alpha value is -3.81. The molecule has 8 heteroatoms. The van der Waals surface area contributed by atoms with Crippen molar-refractivity contribution < 1.29 is 14.3 Å². The molecule has 2 N–H and O–H groups in total. The first-order valence-electron chi connectivity index (χ1n) is 9.53. The Morgan fingerprint density at radius 3 is 2.63 bits per heavy atom. The van der Waals surface area contributed by atoms with Gasteiger partial charge in [-0.25, -0.2) is 4.68 Å². The second-order valence-corrected chi connectivity index (χ2v) is 6.88. The Morgan fingerprint density at radius 1 is 1.13 bits per heavy atom. The number of fused-ring (bicyclic) bond motifs is 1. The van der Waals surface area contributed by atoms with Crippen molar-refractivity contribution in [1.29, 1.82) is 0 Å². The number of hydrogen-bond acceptors (Lipinski definition) is 6. The fourth-order valence-electron chi connectivity index (χ4n) is 3.59. The predicted octanol–water partition coefficient (Wildman–Crippen LogP) is 2.90. The van der Waals surface area contributed by atoms with Crippen LogP contribution in [-0.2, 0) is 11.3 Å². The van der Waals surface area contributed by atoms with Gasteiger partial charge in [0.25, 0.3) is 5.91 Å². The Morgan fingerprint density at radius 2 is 1.90 bits per heavy atom. The number of nitrogens with zero attached hydrogens (tertiary/aromatic N) is 3. The molecule has 2 aromatic carbocycles. The van der Waals surface area contributed by atoms with Crippen molar-refractivity contribution in [1.82, 2.24) is 20.1 Å². The summed E-state index contributed by atoms with van der Waals surface area (Å²) in [5, 5.41) is 10.5. The van der Waals surface area contributed by atoms with Crippen molar-refractivity contribution in [3.63, 3.8) is 0 Å². The minimum absolute atomic E-state index is 0.176. The summed E-state index contributed by atoms with van der Waals surface area (Å²) in [7, 11) is 3.17. The van der Waals surface area contributed by atoms with Crippen LogP contribution in [0.15, 0.2) is 66.1 Å². The van der Waals surface area contributed by atoms with Crippen LogP contribution in [0.5, 0.6) is 11.5 Å². The van der Waals surface area contributed by atoms with Crippen LogP contribution in [-0.4, -0.2) is 34.9 Å². The Kier molecular flexibility index (Phi) is 5.38. The molecule has 0 spiro atoms. The maximum absolute atomic E-state index is 13.2. The van der Waals surface area contributed by atoms with E-state index >= 15 is 0 Å². The van der Waals surface area contributed by atoms with Gasteiger partial charge in [-0.3, -0.25) is 4.79 Å². The van der Waals surface area contributed by atoms with E-state index in [9.17, 15) is 4.79 Å². The van der Waals surface area contributed by atoms with Crippen LogP contribution in [0.4, 0.5) is 5.95 Å². The number of amides is 1. The third kappa shape index (κ3) is 3.59. The van der Waals surface area contributed by atoms with Crippen LogP contribution in [0.3, 0.4) is 0 Å². The molecule has 0 unspecified atom stereocenters. The topological polar surface area (TPSA) is 90.3 Å². The molecule has 8 nitrogen and oxygen atoms in total. The van der Waals surface area contributed by atoms with Gasteiger partial charge in [0.15, 0.2) is 11.5 Å². The molecule has 0 aliphatic carbocycles. The van der Waals surface area contributed by atoms with Crippen LogP contribution in [0.25, 0.3) is 0 Å². The van der Waals surface area contributed by atoms with Crippen molar-refractivity contribution in [2.75, 3.05) is 19.5 Å². The van der Waals surface area contributed by atoms with Crippen LogP contribution in [0, 0.1) is 0 Å². The summed E-state index contributed by atoms with van der Waals surface area (Å²) >= 11 is 0. The van der Waals surface area contributed by atoms with E-state index in [1.807, 2.05) is 55.5 Å². The Labute approximate surface area is 174 Å². The highest BCUT2D eigenvalue weighted by Gasteiger charge is 2.33. The summed E-state index contributed by atoms with van der Waals surface area (Å²) in [4.78, 5) is 17.5. The molecule has 3 aromatic rings. The number of methoxy groups -OCH3 is 2. The van der Waals surface area contributed by atoms with Crippen molar-refractivity contribution in [3.8, 4) is 11.5 Å². The summed E-state index contributed by atoms with van der Waals surface area (Å²) in [6.07, 6.45) is 1.47. The number of benzene rings is 2. The average molecular weight is 405 g/mol. The van der Waals surface area contributed by atoms with Gasteiger partial charge in [0.05, 0.1) is 19.8 Å². The lowest BCUT2D eigenvalue weighted by molar-refractivity contribution is -0.118. The quantitative estimate of drug-likeness (QED) is 0.655. The molecular formula is C22H23N5O3. The summed E-state index contributed by atoms with van der Waals surface area (Å²) in [5.74, 6) is 1.60. The third-order valence-corrected chi connectivity index (χ3v) is 5.06. The van der Waals surface area contributed by atoms with E-state index in [2.05, 4.69) is 20.7 Å². The highest BCUT2D eigenvalue weighted by Crippen LogP contribution is 2.38. The summed E-state index contributed by atoms with van der Waals surface area (Å²) in [6, 6.07) is 14.9. The van der Waals surface area contributed by atoms with E-state index in [0.29, 0.717) is 29.6 Å². The van der Waals surface area contributed by atoms with Crippen molar-refractivity contribution in [2.24, 2.45) is 0 Å². The third-order valence-electron chi connectivity index (χ3n) is 5.06. The maximum atomic E-state index is 13.2. The van der Waals surface area contributed by atoms with Gasteiger partial charge in [0, 0.05) is 12.2 Å². The standard InChI is InChI=1S/C22H23N5O3/c1-14-19(21(28)23-12-15-7-5-4-6-8-15)20(27-22(26-14)24-13-25-27)16-9-10-17(29-2)18(11-16)30-3/h4-11,13,20H,12H2,1-3H3,(H,23,28)(H,24,25,26)/t20-/m1/s1. The van der Waals surface area contributed by atoms with E-state index in [1.165, 1.54) is 6.33 Å². The summed E-state index contributed by atoms with van der Waals surface area (Å²) in [6.45, 7) is 2.29. The zero-order valence-electron chi connectivity index (χ0n) is 17.0. The molecule has 1 aliphatic heterocycles. The number of allylic oxidation sites excluding steroid dienone is 1. The zero-order chi connectivity index (χ0) is 21.1. The molecule has 1 aliphatic rings. The predicted molar refractivity (Wildman–Crippen MR) is 112 cm³/mol. The van der Waals surface area contributed by atoms with Gasteiger partial charge in [-0.1, -0.05) is 36.4 Å². The Balaban J connectivity index is 1.71. The van der Waals surface area contributed by atoms with Crippen LogP contribution in [0.1, 0.15) is 24.1 Å². The van der Waals surface area contributed by atoms with Gasteiger partial charge in [0.1, 0.15) is 12.4 Å². The van der Waals surface area contributed by atoms with E-state index in [-0.39, 0.29) is 5.91 Å². The summed E-state index contributed by atoms with van der Waals surface area (Å²) < 4.78 is 12.5. The second-order valence-electron chi connectivity index (χ2n) is 6.88. The molecule has 0 saturated heterocycles. The largest absolute Gasteiger partial charge is 0.493 e. The number of anilines is 1. The van der Waals surface area contributed by atoms with Gasteiger partial charge in [-0.15, -0.1) is 0 Å². The fourth-order valence-corrected chi connectivity index (χ4v) is 3.59. The van der Waals surface area contributed by atoms with Gasteiger partial charge < -0.3 is 20.1 Å². The highest BCUT2D eigenvalue weighted by molar-refractivity contribution is 5.96. The first-order chi connectivity index (χ1) is 14.6. The van der Waals surface area contributed by atoms with Gasteiger partial charge >= 0.3 is 0 Å². The second kappa shape index (κ2) is 8.28. The SMILES string of the molecule is COc1ccc([C@@H]2C(C(=O)NCc3ccccc3)=C(C)Nc3ncnn32)cc1OC. The first-order valence-corrected chi connectivity index (χ1v) is 9.53. The average Bonchev–Trinajstić information content (AvgIpc) is 3.24. The number of ether oxygens (including phenoxy) is 2. The zero-order valence-corrected chi connectivity index (χ0v) is 17.0. The highest BCUT2D eigenvalue weighted by atomic mass is 16.5. The molecule has 0 radical (unpaired) electrons. The molecule has 1 atom stereocenters.